The van der Waals surface area contributed by atoms with Crippen molar-refractivity contribution in [1.29, 1.82) is 0 Å². The van der Waals surface area contributed by atoms with E-state index in [9.17, 15) is 19.2 Å². The molecule has 12 heteroatoms. The molecule has 0 saturated carbocycles. The first-order valence-electron chi connectivity index (χ1n) is 18.8. The lowest BCUT2D eigenvalue weighted by Crippen LogP contribution is -2.55. The average Bonchev–Trinajstić information content (AvgIpc) is 3.47. The van der Waals surface area contributed by atoms with Crippen LogP contribution in [0.25, 0.3) is 0 Å². The van der Waals surface area contributed by atoms with E-state index in [0.717, 1.165) is 62.6 Å². The lowest BCUT2D eigenvalue weighted by atomic mass is 9.74. The van der Waals surface area contributed by atoms with E-state index in [0.29, 0.717) is 6.42 Å². The molecular formula is C39H59BN4O7. The summed E-state index contributed by atoms with van der Waals surface area (Å²) in [6.45, 7) is 14.7. The number of nitrogens with zero attached hydrogens (tertiary/aromatic N) is 2. The molecule has 11 nitrogen and oxygen atoms in total. The number of rotatable bonds is 22. The fourth-order valence-electron chi connectivity index (χ4n) is 6.15. The van der Waals surface area contributed by atoms with Crippen molar-refractivity contribution in [3.63, 3.8) is 0 Å². The number of hydrogen-bond acceptors (Lipinski definition) is 9. The molecular weight excluding hydrogens is 647 g/mol. The largest absolute Gasteiger partial charge is 0.552 e. The average molecular weight is 707 g/mol. The highest BCUT2D eigenvalue weighted by atomic mass is 16.7. The van der Waals surface area contributed by atoms with Gasteiger partial charge in [0.25, 0.3) is 5.91 Å². The third-order valence-corrected chi connectivity index (χ3v) is 9.23. The minimum Gasteiger partial charge on any atom is -0.506 e. The first-order chi connectivity index (χ1) is 24.3. The van der Waals surface area contributed by atoms with Crippen molar-refractivity contribution in [3.05, 3.63) is 59.7 Å². The summed E-state index contributed by atoms with van der Waals surface area (Å²) in [6.07, 6.45) is 10.6. The Morgan fingerprint density at radius 3 is 2.33 bits per heavy atom. The fraction of sp³-hybridized carbons (Fsp3) is 0.641. The van der Waals surface area contributed by atoms with Crippen molar-refractivity contribution < 1.29 is 33.2 Å². The standard InChI is InChI=1S/C39H59BN4O7/c1-8-11-16-20-39(6,7)26-49-35(45)23-33-38(48)51-40(50-33)34(21-27(4)5)44-36(46)30(22-28-17-14-13-15-18-28)43-37(47)32-25-41-31(24-42-32)29(10-3)19-12-9-2/h13-15,17-18,24-25,27,29-30,33-34H,8-12,16,19-23,26H2,1-7H3,(H,43,47)(H,44,46)/t29?,30-,33+,34-/m0/s1. The van der Waals surface area contributed by atoms with Gasteiger partial charge in [0.1, 0.15) is 11.7 Å². The Bertz CT molecular complexity index is 1390. The Morgan fingerprint density at radius 1 is 0.980 bits per heavy atom. The van der Waals surface area contributed by atoms with E-state index in [1.165, 1.54) is 6.20 Å². The maximum Gasteiger partial charge on any atom is 0.552 e. The highest BCUT2D eigenvalue weighted by Gasteiger charge is 2.47. The summed E-state index contributed by atoms with van der Waals surface area (Å²) >= 11 is 0. The number of benzene rings is 1. The van der Waals surface area contributed by atoms with Crippen LogP contribution >= 0.6 is 0 Å². The SMILES string of the molecule is CCCCCC(C)(C)COC(=O)C[C@H]1OB([C@H](CC(C)C)NC(=O)[C@H](Cc2ccccc2)NC(=O)c2cnc(C(CC)CCCC)cn2)OC1=O. The molecule has 1 saturated heterocycles. The van der Waals surface area contributed by atoms with E-state index in [4.69, 9.17) is 14.0 Å². The number of amides is 2. The van der Waals surface area contributed by atoms with Gasteiger partial charge in [-0.1, -0.05) is 111 Å². The third-order valence-electron chi connectivity index (χ3n) is 9.23. The van der Waals surface area contributed by atoms with Crippen LogP contribution in [0.2, 0.25) is 0 Å². The second kappa shape index (κ2) is 20.9. The molecule has 2 N–H and O–H groups in total. The van der Waals surface area contributed by atoms with Gasteiger partial charge >= 0.3 is 19.1 Å². The molecule has 2 heterocycles. The van der Waals surface area contributed by atoms with Crippen LogP contribution in [0, 0.1) is 11.3 Å². The van der Waals surface area contributed by atoms with Crippen LogP contribution in [-0.4, -0.2) is 65.5 Å². The van der Waals surface area contributed by atoms with E-state index in [1.54, 1.807) is 6.20 Å². The van der Waals surface area contributed by atoms with Gasteiger partial charge in [0.05, 0.1) is 30.9 Å². The summed E-state index contributed by atoms with van der Waals surface area (Å²) in [6, 6.07) is 8.39. The molecule has 0 bridgehead atoms. The fourth-order valence-corrected chi connectivity index (χ4v) is 6.15. The van der Waals surface area contributed by atoms with Gasteiger partial charge in [0.2, 0.25) is 5.91 Å². The van der Waals surface area contributed by atoms with Gasteiger partial charge in [-0.15, -0.1) is 0 Å². The maximum absolute atomic E-state index is 13.9. The van der Waals surface area contributed by atoms with Crippen LogP contribution in [0.3, 0.4) is 0 Å². The molecule has 1 aromatic carbocycles. The van der Waals surface area contributed by atoms with Crippen LogP contribution < -0.4 is 10.6 Å². The van der Waals surface area contributed by atoms with Crippen molar-refractivity contribution in [3.8, 4) is 0 Å². The van der Waals surface area contributed by atoms with Crippen LogP contribution in [0.4, 0.5) is 0 Å². The number of aromatic nitrogens is 2. The second-order valence-corrected chi connectivity index (χ2v) is 15.0. The van der Waals surface area contributed by atoms with Crippen LogP contribution in [0.15, 0.2) is 42.7 Å². The smallest absolute Gasteiger partial charge is 0.506 e. The number of carbonyl (C=O) groups is 4. The predicted molar refractivity (Wildman–Crippen MR) is 198 cm³/mol. The van der Waals surface area contributed by atoms with Crippen molar-refractivity contribution in [2.75, 3.05) is 6.61 Å². The van der Waals surface area contributed by atoms with Crippen LogP contribution in [-0.2, 0) is 34.9 Å². The zero-order valence-corrected chi connectivity index (χ0v) is 31.7. The molecule has 51 heavy (non-hydrogen) atoms. The van der Waals surface area contributed by atoms with E-state index >= 15 is 0 Å². The van der Waals surface area contributed by atoms with Gasteiger partial charge in [-0.3, -0.25) is 24.2 Å². The van der Waals surface area contributed by atoms with E-state index in [-0.39, 0.29) is 42.4 Å². The molecule has 4 atom stereocenters. The number of unbranched alkanes of at least 4 members (excludes halogenated alkanes) is 3. The lowest BCUT2D eigenvalue weighted by Gasteiger charge is -2.25. The predicted octanol–water partition coefficient (Wildman–Crippen LogP) is 6.54. The van der Waals surface area contributed by atoms with Crippen molar-refractivity contribution in [2.45, 2.75) is 143 Å². The van der Waals surface area contributed by atoms with Gasteiger partial charge in [-0.05, 0) is 42.6 Å². The summed E-state index contributed by atoms with van der Waals surface area (Å²) in [7, 11) is -1.11. The molecule has 0 radical (unpaired) electrons. The summed E-state index contributed by atoms with van der Waals surface area (Å²) in [5, 5.41) is 5.82. The summed E-state index contributed by atoms with van der Waals surface area (Å²) in [5.74, 6) is -2.59. The second-order valence-electron chi connectivity index (χ2n) is 15.0. The number of carbonyl (C=O) groups excluding carboxylic acids is 4. The molecule has 1 unspecified atom stereocenters. The van der Waals surface area contributed by atoms with Crippen molar-refractivity contribution in [2.24, 2.45) is 11.3 Å². The highest BCUT2D eigenvalue weighted by Crippen LogP contribution is 2.26. The molecule has 1 aliphatic rings. The summed E-state index contributed by atoms with van der Waals surface area (Å²) in [4.78, 5) is 61.9. The third kappa shape index (κ3) is 14.0. The minimum atomic E-state index is -1.15. The zero-order chi connectivity index (χ0) is 37.4. The number of hydrogen-bond donors (Lipinski definition) is 2. The topological polar surface area (TPSA) is 146 Å². The van der Waals surface area contributed by atoms with Gasteiger partial charge in [-0.2, -0.15) is 0 Å². The molecule has 0 aliphatic carbocycles. The summed E-state index contributed by atoms with van der Waals surface area (Å²) < 4.78 is 17.0. The van der Waals surface area contributed by atoms with E-state index in [1.807, 2.05) is 44.2 Å². The molecule has 280 valence electrons. The van der Waals surface area contributed by atoms with Gasteiger partial charge in [0, 0.05) is 18.5 Å². The Balaban J connectivity index is 1.70. The lowest BCUT2D eigenvalue weighted by molar-refractivity contribution is -0.152. The highest BCUT2D eigenvalue weighted by molar-refractivity contribution is 6.51. The Kier molecular flexibility index (Phi) is 17.1. The number of ether oxygens (including phenoxy) is 1. The quantitative estimate of drug-likeness (QED) is 0.0792. The minimum absolute atomic E-state index is 0.0942. The van der Waals surface area contributed by atoms with Crippen LogP contribution in [0.1, 0.15) is 140 Å². The molecule has 1 aliphatic heterocycles. The zero-order valence-electron chi connectivity index (χ0n) is 31.7. The molecule has 2 aromatic rings. The van der Waals surface area contributed by atoms with Gasteiger partial charge in [0.15, 0.2) is 6.10 Å². The number of esters is 1. The van der Waals surface area contributed by atoms with Crippen molar-refractivity contribution >= 4 is 30.9 Å². The summed E-state index contributed by atoms with van der Waals surface area (Å²) in [5.41, 5.74) is 1.63. The van der Waals surface area contributed by atoms with E-state index in [2.05, 4.69) is 55.2 Å². The Hall–Kier alpha value is -3.80. The molecule has 1 aromatic heterocycles. The van der Waals surface area contributed by atoms with E-state index < -0.39 is 49.0 Å². The first kappa shape index (κ1) is 41.6. The molecule has 0 spiro atoms. The van der Waals surface area contributed by atoms with Crippen molar-refractivity contribution in [1.82, 2.24) is 20.6 Å². The number of nitrogens with one attached hydrogen (secondary N) is 2. The Morgan fingerprint density at radius 2 is 1.71 bits per heavy atom. The maximum atomic E-state index is 13.9. The Labute approximate surface area is 304 Å². The van der Waals surface area contributed by atoms with Gasteiger partial charge in [-0.25, -0.2) is 4.98 Å². The first-order valence-corrected chi connectivity index (χ1v) is 18.8. The van der Waals surface area contributed by atoms with Gasteiger partial charge < -0.3 is 24.7 Å². The molecule has 2 amide bonds. The molecule has 3 rings (SSSR count). The van der Waals surface area contributed by atoms with Crippen LogP contribution in [0.5, 0.6) is 0 Å². The monoisotopic (exact) mass is 706 g/mol. The molecule has 1 fully saturated rings. The normalized spacial score (nSPS) is 16.4.